The number of phenols is 1. The number of hydrogen-bond donors (Lipinski definition) is 1. The van der Waals surface area contributed by atoms with Crippen LogP contribution in [0, 0.1) is 0 Å². The van der Waals surface area contributed by atoms with Gasteiger partial charge in [0, 0.05) is 6.07 Å². The highest BCUT2D eigenvalue weighted by molar-refractivity contribution is 5.83. The van der Waals surface area contributed by atoms with Crippen molar-refractivity contribution in [2.24, 2.45) is 0 Å². The highest BCUT2D eigenvalue weighted by Gasteiger charge is 2.10. The van der Waals surface area contributed by atoms with E-state index in [1.807, 2.05) is 42.5 Å². The van der Waals surface area contributed by atoms with Crippen molar-refractivity contribution < 1.29 is 18.7 Å². The predicted molar refractivity (Wildman–Crippen MR) is 144 cm³/mol. The van der Waals surface area contributed by atoms with Crippen LogP contribution in [0.2, 0.25) is 0 Å². The van der Waals surface area contributed by atoms with Gasteiger partial charge in [0.15, 0.2) is 10.9 Å². The molecule has 6 heteroatoms. The number of para-hydroxylation sites is 1. The molecule has 0 bridgehead atoms. The Hall–Kier alpha value is -5.10. The molecule has 37 heavy (non-hydrogen) atoms. The lowest BCUT2D eigenvalue weighted by Gasteiger charge is -2.04. The van der Waals surface area contributed by atoms with E-state index >= 15 is 0 Å². The summed E-state index contributed by atoms with van der Waals surface area (Å²) in [6.45, 7) is 0. The van der Waals surface area contributed by atoms with Gasteiger partial charge in [0.2, 0.25) is 0 Å². The van der Waals surface area contributed by atoms with Crippen molar-refractivity contribution in [2.45, 2.75) is 0 Å². The van der Waals surface area contributed by atoms with Crippen molar-refractivity contribution in [1.29, 1.82) is 0 Å². The molecule has 0 fully saturated rings. The van der Waals surface area contributed by atoms with E-state index in [-0.39, 0.29) is 16.6 Å². The van der Waals surface area contributed by atoms with Crippen LogP contribution in [0.1, 0.15) is 0 Å². The molecule has 0 aliphatic rings. The van der Waals surface area contributed by atoms with Crippen LogP contribution in [0.3, 0.4) is 0 Å². The number of ether oxygens (including phenoxy) is 1. The van der Waals surface area contributed by atoms with Crippen LogP contribution in [0.4, 0.5) is 0 Å². The lowest BCUT2D eigenvalue weighted by atomic mass is 10.1. The molecule has 0 unspecified atom stereocenters. The zero-order valence-electron chi connectivity index (χ0n) is 19.9. The molecule has 2 heterocycles. The van der Waals surface area contributed by atoms with E-state index in [1.165, 1.54) is 24.7 Å². The zero-order valence-corrected chi connectivity index (χ0v) is 19.9. The molecule has 2 aromatic heterocycles. The summed E-state index contributed by atoms with van der Waals surface area (Å²) in [7, 11) is 1.59. The Labute approximate surface area is 211 Å². The van der Waals surface area contributed by atoms with Gasteiger partial charge in [-0.3, -0.25) is 9.59 Å². The Balaban J connectivity index is 0.000000153. The summed E-state index contributed by atoms with van der Waals surface area (Å²) in [5, 5.41) is 10.4. The summed E-state index contributed by atoms with van der Waals surface area (Å²) in [5.74, 6) is 0.793. The second kappa shape index (κ2) is 10.3. The lowest BCUT2D eigenvalue weighted by Crippen LogP contribution is -2.04. The van der Waals surface area contributed by atoms with Crippen LogP contribution in [0.15, 0.2) is 128 Å². The second-order valence-corrected chi connectivity index (χ2v) is 8.23. The van der Waals surface area contributed by atoms with Gasteiger partial charge in [0.25, 0.3) is 0 Å². The van der Waals surface area contributed by atoms with Gasteiger partial charge in [-0.1, -0.05) is 54.6 Å². The van der Waals surface area contributed by atoms with Gasteiger partial charge >= 0.3 is 0 Å². The molecule has 0 atom stereocenters. The average Bonchev–Trinajstić information content (AvgIpc) is 2.94. The average molecular weight is 491 g/mol. The summed E-state index contributed by atoms with van der Waals surface area (Å²) < 4.78 is 16.0. The highest BCUT2D eigenvalue weighted by atomic mass is 16.5. The molecule has 0 aliphatic heterocycles. The summed E-state index contributed by atoms with van der Waals surface area (Å²) in [5.41, 5.74) is 3.59. The minimum absolute atomic E-state index is 0.0121. The molecule has 6 rings (SSSR count). The van der Waals surface area contributed by atoms with Crippen molar-refractivity contribution in [1.82, 2.24) is 0 Å². The van der Waals surface area contributed by atoms with Crippen LogP contribution in [0.25, 0.3) is 44.2 Å². The molecule has 1 N–H and O–H groups in total. The molecule has 6 nitrogen and oxygen atoms in total. The lowest BCUT2D eigenvalue weighted by molar-refractivity contribution is 0.415. The van der Waals surface area contributed by atoms with E-state index in [4.69, 9.17) is 13.6 Å². The van der Waals surface area contributed by atoms with Crippen LogP contribution in [0.5, 0.6) is 11.5 Å². The predicted octanol–water partition coefficient (Wildman–Crippen LogP) is 6.63. The Morgan fingerprint density at radius 2 is 1.19 bits per heavy atom. The summed E-state index contributed by atoms with van der Waals surface area (Å²) in [6, 6.07) is 28.5. The van der Waals surface area contributed by atoms with E-state index in [1.54, 1.807) is 49.6 Å². The Bertz CT molecular complexity index is 1800. The topological polar surface area (TPSA) is 89.9 Å². The number of hydrogen-bond acceptors (Lipinski definition) is 6. The van der Waals surface area contributed by atoms with Crippen LogP contribution in [-0.2, 0) is 0 Å². The molecule has 0 amide bonds. The fourth-order valence-corrected chi connectivity index (χ4v) is 3.98. The largest absolute Gasteiger partial charge is 0.508 e. The van der Waals surface area contributed by atoms with E-state index in [9.17, 15) is 14.7 Å². The number of phenolic OH excluding ortho intramolecular Hbond substituents is 1. The maximum absolute atomic E-state index is 12.4. The second-order valence-electron chi connectivity index (χ2n) is 8.23. The first kappa shape index (κ1) is 23.6. The molecule has 0 spiro atoms. The number of fused-ring (bicyclic) bond motifs is 2. The van der Waals surface area contributed by atoms with E-state index in [0.717, 1.165) is 16.9 Å². The first-order valence-electron chi connectivity index (χ1n) is 11.5. The third-order valence-corrected chi connectivity index (χ3v) is 5.92. The van der Waals surface area contributed by atoms with Gasteiger partial charge in [0.1, 0.15) is 35.2 Å². The number of methoxy groups -OCH3 is 1. The summed E-state index contributed by atoms with van der Waals surface area (Å²) in [6.07, 6.45) is 2.94. The van der Waals surface area contributed by atoms with Crippen LogP contribution < -0.4 is 15.6 Å². The maximum atomic E-state index is 12.4. The monoisotopic (exact) mass is 490 g/mol. The van der Waals surface area contributed by atoms with E-state index < -0.39 is 0 Å². The normalized spacial score (nSPS) is 10.6. The number of rotatable bonds is 3. The van der Waals surface area contributed by atoms with Crippen molar-refractivity contribution in [3.63, 3.8) is 0 Å². The molecule has 6 aromatic rings. The van der Waals surface area contributed by atoms with Gasteiger partial charge in [-0.05, 0) is 47.5 Å². The molecule has 0 radical (unpaired) electrons. The fraction of sp³-hybridized carbons (Fsp3) is 0.0323. The van der Waals surface area contributed by atoms with Gasteiger partial charge in [-0.2, -0.15) is 0 Å². The molecule has 0 saturated heterocycles. The van der Waals surface area contributed by atoms with Crippen molar-refractivity contribution in [3.8, 4) is 33.8 Å². The maximum Gasteiger partial charge on any atom is 0.200 e. The Morgan fingerprint density at radius 1 is 0.622 bits per heavy atom. The molecule has 0 saturated carbocycles. The smallest absolute Gasteiger partial charge is 0.200 e. The fourth-order valence-electron chi connectivity index (χ4n) is 3.98. The highest BCUT2D eigenvalue weighted by Crippen LogP contribution is 2.24. The van der Waals surface area contributed by atoms with Crippen molar-refractivity contribution >= 4 is 21.9 Å². The molecular formula is C31H22O6. The van der Waals surface area contributed by atoms with Crippen molar-refractivity contribution in [2.75, 3.05) is 7.11 Å². The number of aromatic hydroxyl groups is 1. The Kier molecular flexibility index (Phi) is 6.55. The van der Waals surface area contributed by atoms with Crippen LogP contribution in [-0.4, -0.2) is 12.2 Å². The van der Waals surface area contributed by atoms with Gasteiger partial charge in [-0.25, -0.2) is 0 Å². The number of benzene rings is 4. The summed E-state index contributed by atoms with van der Waals surface area (Å²) in [4.78, 5) is 24.7. The molecule has 182 valence electrons. The van der Waals surface area contributed by atoms with Crippen LogP contribution >= 0.6 is 0 Å². The molecular weight excluding hydrogens is 468 g/mol. The Morgan fingerprint density at radius 3 is 1.86 bits per heavy atom. The third-order valence-electron chi connectivity index (χ3n) is 5.92. The minimum Gasteiger partial charge on any atom is -0.508 e. The van der Waals surface area contributed by atoms with E-state index in [2.05, 4.69) is 0 Å². The molecule has 0 aliphatic carbocycles. The first-order valence-corrected chi connectivity index (χ1v) is 11.5. The third kappa shape index (κ3) is 4.86. The van der Waals surface area contributed by atoms with Gasteiger partial charge in [-0.15, -0.1) is 0 Å². The van der Waals surface area contributed by atoms with Gasteiger partial charge in [0.05, 0.1) is 29.0 Å². The zero-order chi connectivity index (χ0) is 25.8. The minimum atomic E-state index is -0.128. The summed E-state index contributed by atoms with van der Waals surface area (Å²) >= 11 is 0. The SMILES string of the molecule is COc1ccc(-c2coc3cc(O)ccc3c2=O)cc1.O=c1c(-c2ccccc2)coc2ccccc12. The van der Waals surface area contributed by atoms with Crippen molar-refractivity contribution in [3.05, 3.63) is 130 Å². The van der Waals surface area contributed by atoms with Gasteiger partial charge < -0.3 is 18.7 Å². The standard InChI is InChI=1S/C16H12O4.C15H10O2/c1-19-12-5-2-10(3-6-12)14-9-20-15-8-11(17)4-7-13(15)16(14)18;16-15-12-8-4-5-9-14(12)17-10-13(15)11-6-2-1-3-7-11/h2-9,17H,1H3;1-10H. The first-order chi connectivity index (χ1) is 18.0. The quantitative estimate of drug-likeness (QED) is 0.299. The van der Waals surface area contributed by atoms with E-state index in [0.29, 0.717) is 33.1 Å². The molecule has 4 aromatic carbocycles.